The van der Waals surface area contributed by atoms with E-state index in [0.717, 1.165) is 5.56 Å². The molecule has 1 aliphatic rings. The van der Waals surface area contributed by atoms with Gasteiger partial charge in [0.1, 0.15) is 0 Å². The topological polar surface area (TPSA) is 43.8 Å². The molecule has 1 aromatic heterocycles. The third-order valence-corrected chi connectivity index (χ3v) is 5.53. The van der Waals surface area contributed by atoms with Gasteiger partial charge in [-0.25, -0.2) is 0 Å². The maximum atomic E-state index is 12.8. The van der Waals surface area contributed by atoms with Gasteiger partial charge in [0.05, 0.1) is 12.1 Å². The zero-order chi connectivity index (χ0) is 17.3. The van der Waals surface area contributed by atoms with Crippen LogP contribution in [0, 0.1) is 6.92 Å². The lowest BCUT2D eigenvalue weighted by Crippen LogP contribution is -2.43. The van der Waals surface area contributed by atoms with Crippen LogP contribution in [0.3, 0.4) is 0 Å². The number of likely N-dealkylation sites (N-methyl/N-ethyl adjacent to an activating group) is 1. The Labute approximate surface area is 147 Å². The van der Waals surface area contributed by atoms with Crippen LogP contribution in [0.15, 0.2) is 35.7 Å². The van der Waals surface area contributed by atoms with Crippen molar-refractivity contribution >= 4 is 17.2 Å². The van der Waals surface area contributed by atoms with E-state index in [1.54, 1.807) is 16.2 Å². The highest BCUT2D eigenvalue weighted by molar-refractivity contribution is 7.13. The average Bonchev–Trinajstić information content (AvgIpc) is 3.12. The minimum Gasteiger partial charge on any atom is -0.387 e. The quantitative estimate of drug-likeness (QED) is 0.927. The molecule has 1 amide bonds. The van der Waals surface area contributed by atoms with E-state index in [9.17, 15) is 9.90 Å². The van der Waals surface area contributed by atoms with Crippen LogP contribution in [0.25, 0.3) is 10.4 Å². The number of hydrogen-bond acceptors (Lipinski definition) is 4. The zero-order valence-electron chi connectivity index (χ0n) is 14.5. The van der Waals surface area contributed by atoms with Gasteiger partial charge in [0.25, 0.3) is 5.91 Å². The fourth-order valence-electron chi connectivity index (χ4n) is 3.39. The van der Waals surface area contributed by atoms with Crippen molar-refractivity contribution in [3.63, 3.8) is 0 Å². The lowest BCUT2D eigenvalue weighted by molar-refractivity contribution is 0.0236. The molecule has 0 radical (unpaired) electrons. The van der Waals surface area contributed by atoms with Crippen molar-refractivity contribution in [2.75, 3.05) is 33.7 Å². The van der Waals surface area contributed by atoms with Crippen molar-refractivity contribution in [1.82, 2.24) is 9.80 Å². The summed E-state index contributed by atoms with van der Waals surface area (Å²) in [5.41, 5.74) is 2.19. The fraction of sp³-hybridized carbons (Fsp3) is 0.421. The van der Waals surface area contributed by atoms with Crippen LogP contribution in [-0.2, 0) is 0 Å². The SMILES string of the molecule is Cc1ccsc1-c1cccc(C(=O)N2CC[C@](O)(CN(C)C)C2)c1. The Morgan fingerprint density at radius 3 is 2.83 bits per heavy atom. The molecule has 3 rings (SSSR count). The van der Waals surface area contributed by atoms with Gasteiger partial charge in [-0.15, -0.1) is 11.3 Å². The summed E-state index contributed by atoms with van der Waals surface area (Å²) in [5.74, 6) is 0.000685. The number of thiophene rings is 1. The molecule has 2 heterocycles. The summed E-state index contributed by atoms with van der Waals surface area (Å²) in [5, 5.41) is 12.7. The first kappa shape index (κ1) is 17.1. The standard InChI is InChI=1S/C19H24N2O2S/c1-14-7-10-24-17(14)15-5-4-6-16(11-15)18(22)21-9-8-19(23,13-21)12-20(2)3/h4-7,10-11,23H,8-9,12-13H2,1-3H3/t19-/m0/s1. The van der Waals surface area contributed by atoms with Crippen LogP contribution in [0.1, 0.15) is 22.3 Å². The van der Waals surface area contributed by atoms with Crippen LogP contribution in [-0.4, -0.2) is 60.1 Å². The van der Waals surface area contributed by atoms with Crippen LogP contribution < -0.4 is 0 Å². The van der Waals surface area contributed by atoms with Gasteiger partial charge in [-0.1, -0.05) is 12.1 Å². The van der Waals surface area contributed by atoms with Gasteiger partial charge in [-0.05, 0) is 62.1 Å². The highest BCUT2D eigenvalue weighted by Gasteiger charge is 2.38. The van der Waals surface area contributed by atoms with E-state index in [1.165, 1.54) is 10.4 Å². The first-order valence-corrected chi connectivity index (χ1v) is 9.07. The molecule has 24 heavy (non-hydrogen) atoms. The van der Waals surface area contributed by atoms with E-state index < -0.39 is 5.60 Å². The maximum absolute atomic E-state index is 12.8. The summed E-state index contributed by atoms with van der Waals surface area (Å²) in [6, 6.07) is 9.89. The Balaban J connectivity index is 1.78. The van der Waals surface area contributed by atoms with E-state index >= 15 is 0 Å². The second-order valence-corrected chi connectivity index (χ2v) is 7.87. The highest BCUT2D eigenvalue weighted by Crippen LogP contribution is 2.30. The molecule has 1 aromatic carbocycles. The number of aryl methyl sites for hydroxylation is 1. The van der Waals surface area contributed by atoms with Gasteiger partial charge in [-0.2, -0.15) is 0 Å². The molecule has 1 N–H and O–H groups in total. The van der Waals surface area contributed by atoms with Crippen molar-refractivity contribution in [1.29, 1.82) is 0 Å². The molecule has 2 aromatic rings. The van der Waals surface area contributed by atoms with Gasteiger partial charge >= 0.3 is 0 Å². The number of nitrogens with zero attached hydrogens (tertiary/aromatic N) is 2. The number of benzene rings is 1. The molecular weight excluding hydrogens is 320 g/mol. The highest BCUT2D eigenvalue weighted by atomic mass is 32.1. The van der Waals surface area contributed by atoms with Crippen molar-refractivity contribution in [3.8, 4) is 10.4 Å². The lowest BCUT2D eigenvalue weighted by atomic mass is 10.0. The molecule has 0 bridgehead atoms. The molecule has 1 fully saturated rings. The number of carbonyl (C=O) groups is 1. The third kappa shape index (κ3) is 3.53. The van der Waals surface area contributed by atoms with Gasteiger partial charge < -0.3 is 14.9 Å². The smallest absolute Gasteiger partial charge is 0.253 e. The molecule has 1 saturated heterocycles. The average molecular weight is 344 g/mol. The molecule has 0 saturated carbocycles. The van der Waals surface area contributed by atoms with Gasteiger partial charge in [0, 0.05) is 23.5 Å². The van der Waals surface area contributed by atoms with Crippen molar-refractivity contribution in [3.05, 3.63) is 46.8 Å². The Kier molecular flexibility index (Phi) is 4.76. The zero-order valence-corrected chi connectivity index (χ0v) is 15.3. The van der Waals surface area contributed by atoms with Crippen molar-refractivity contribution in [2.24, 2.45) is 0 Å². The first-order valence-electron chi connectivity index (χ1n) is 8.19. The Bertz CT molecular complexity index is 740. The van der Waals surface area contributed by atoms with Crippen LogP contribution >= 0.6 is 11.3 Å². The van der Waals surface area contributed by atoms with E-state index in [4.69, 9.17) is 0 Å². The number of carbonyl (C=O) groups excluding carboxylic acids is 1. The fourth-order valence-corrected chi connectivity index (χ4v) is 4.32. The van der Waals surface area contributed by atoms with E-state index in [0.29, 0.717) is 31.6 Å². The molecule has 1 atom stereocenters. The normalized spacial score (nSPS) is 20.8. The van der Waals surface area contributed by atoms with Gasteiger partial charge in [-0.3, -0.25) is 4.79 Å². The minimum atomic E-state index is -0.804. The molecule has 5 heteroatoms. The molecule has 128 valence electrons. The molecule has 4 nitrogen and oxygen atoms in total. The number of rotatable bonds is 4. The van der Waals surface area contributed by atoms with Gasteiger partial charge in [0.2, 0.25) is 0 Å². The predicted octanol–water partition coefficient (Wildman–Crippen LogP) is 2.86. The largest absolute Gasteiger partial charge is 0.387 e. The summed E-state index contributed by atoms with van der Waals surface area (Å²) in [6.07, 6.45) is 0.626. The Morgan fingerprint density at radius 1 is 1.38 bits per heavy atom. The molecular formula is C19H24N2O2S. The molecule has 0 unspecified atom stereocenters. The van der Waals surface area contributed by atoms with Crippen LogP contribution in [0.4, 0.5) is 0 Å². The van der Waals surface area contributed by atoms with Crippen LogP contribution in [0.5, 0.6) is 0 Å². The number of hydrogen-bond donors (Lipinski definition) is 1. The molecule has 1 aliphatic heterocycles. The molecule has 0 spiro atoms. The monoisotopic (exact) mass is 344 g/mol. The summed E-state index contributed by atoms with van der Waals surface area (Å²) in [7, 11) is 3.88. The van der Waals surface area contributed by atoms with Gasteiger partial charge in [0.15, 0.2) is 0 Å². The third-order valence-electron chi connectivity index (χ3n) is 4.46. The first-order chi connectivity index (χ1) is 11.4. The minimum absolute atomic E-state index is 0.000685. The Morgan fingerprint density at radius 2 is 2.17 bits per heavy atom. The number of β-amino-alcohol motifs (C(OH)–C–C–N with tert-alkyl or cyclic N) is 1. The Hall–Kier alpha value is -1.69. The maximum Gasteiger partial charge on any atom is 0.253 e. The molecule has 0 aliphatic carbocycles. The second-order valence-electron chi connectivity index (χ2n) is 6.95. The van der Waals surface area contributed by atoms with Crippen molar-refractivity contribution in [2.45, 2.75) is 18.9 Å². The number of likely N-dealkylation sites (tertiary alicyclic amines) is 1. The van der Waals surface area contributed by atoms with E-state index in [1.807, 2.05) is 43.3 Å². The number of amides is 1. The van der Waals surface area contributed by atoms with Crippen LogP contribution in [0.2, 0.25) is 0 Å². The summed E-state index contributed by atoms with van der Waals surface area (Å²) < 4.78 is 0. The van der Waals surface area contributed by atoms with Crippen molar-refractivity contribution < 1.29 is 9.90 Å². The lowest BCUT2D eigenvalue weighted by Gasteiger charge is -2.26. The summed E-state index contributed by atoms with van der Waals surface area (Å²) in [6.45, 7) is 3.66. The second kappa shape index (κ2) is 6.67. The summed E-state index contributed by atoms with van der Waals surface area (Å²) in [4.78, 5) is 17.8. The summed E-state index contributed by atoms with van der Waals surface area (Å²) >= 11 is 1.69. The number of aliphatic hydroxyl groups is 1. The predicted molar refractivity (Wildman–Crippen MR) is 98.5 cm³/mol. The van der Waals surface area contributed by atoms with E-state index in [2.05, 4.69) is 18.4 Å². The van der Waals surface area contributed by atoms with E-state index in [-0.39, 0.29) is 5.91 Å².